The largest absolute Gasteiger partial charge is 0.475 e. The summed E-state index contributed by atoms with van der Waals surface area (Å²) >= 11 is 5.93. The Hall–Kier alpha value is -1.06. The molecule has 1 aromatic rings. The summed E-state index contributed by atoms with van der Waals surface area (Å²) in [5, 5.41) is 0.751. The fourth-order valence-corrected chi connectivity index (χ4v) is 2.10. The Balaban J connectivity index is 1.85. The van der Waals surface area contributed by atoms with E-state index in [-0.39, 0.29) is 6.10 Å². The highest BCUT2D eigenvalue weighted by Gasteiger charge is 2.19. The van der Waals surface area contributed by atoms with Gasteiger partial charge in [0, 0.05) is 11.4 Å². The van der Waals surface area contributed by atoms with E-state index < -0.39 is 0 Å². The van der Waals surface area contributed by atoms with Crippen molar-refractivity contribution in [2.45, 2.75) is 25.4 Å². The first-order valence-electron chi connectivity index (χ1n) is 5.92. The van der Waals surface area contributed by atoms with Crippen LogP contribution in [0.5, 0.6) is 0 Å². The molecule has 1 unspecified atom stereocenters. The van der Waals surface area contributed by atoms with Crippen LogP contribution in [0.15, 0.2) is 29.3 Å². The summed E-state index contributed by atoms with van der Waals surface area (Å²) < 4.78 is 5.76. The molecular weight excluding hydrogens is 236 g/mol. The van der Waals surface area contributed by atoms with Crippen molar-refractivity contribution < 1.29 is 4.74 Å². The predicted molar refractivity (Wildman–Crippen MR) is 70.6 cm³/mol. The van der Waals surface area contributed by atoms with Crippen LogP contribution in [0.4, 0.5) is 0 Å². The molecule has 3 nitrogen and oxygen atoms in total. The van der Waals surface area contributed by atoms with E-state index in [4.69, 9.17) is 22.1 Å². The van der Waals surface area contributed by atoms with E-state index in [0.29, 0.717) is 6.54 Å². The molecule has 1 aliphatic rings. The van der Waals surface area contributed by atoms with E-state index >= 15 is 0 Å². The van der Waals surface area contributed by atoms with Gasteiger partial charge in [-0.3, -0.25) is 4.99 Å². The van der Waals surface area contributed by atoms with Crippen LogP contribution < -0.4 is 5.73 Å². The van der Waals surface area contributed by atoms with Crippen LogP contribution in [0.2, 0.25) is 5.02 Å². The molecule has 0 aliphatic carbocycles. The maximum absolute atomic E-state index is 5.93. The number of rotatable bonds is 5. The van der Waals surface area contributed by atoms with Gasteiger partial charge in [-0.25, -0.2) is 0 Å². The molecule has 1 aromatic carbocycles. The molecule has 0 radical (unpaired) electrons. The number of hydrogen-bond donors (Lipinski definition) is 1. The van der Waals surface area contributed by atoms with Crippen LogP contribution in [0.25, 0.3) is 0 Å². The second-order valence-corrected chi connectivity index (χ2v) is 4.65. The summed E-state index contributed by atoms with van der Waals surface area (Å²) in [4.78, 5) is 4.41. The second kappa shape index (κ2) is 6.03. The molecule has 0 bridgehead atoms. The van der Waals surface area contributed by atoms with Gasteiger partial charge in [-0.1, -0.05) is 23.7 Å². The number of benzene rings is 1. The first-order chi connectivity index (χ1) is 8.28. The van der Waals surface area contributed by atoms with E-state index in [2.05, 4.69) is 4.99 Å². The summed E-state index contributed by atoms with van der Waals surface area (Å²) in [6, 6.07) is 7.79. The Kier molecular flexibility index (Phi) is 4.40. The predicted octanol–water partition coefficient (Wildman–Crippen LogP) is 2.42. The lowest BCUT2D eigenvalue weighted by Gasteiger charge is -2.10. The Labute approximate surface area is 107 Å². The van der Waals surface area contributed by atoms with Gasteiger partial charge in [-0.2, -0.15) is 0 Å². The van der Waals surface area contributed by atoms with Gasteiger partial charge in [0.05, 0.1) is 6.54 Å². The van der Waals surface area contributed by atoms with Crippen molar-refractivity contribution in [1.29, 1.82) is 0 Å². The zero-order valence-electron chi connectivity index (χ0n) is 9.73. The molecule has 0 aromatic heterocycles. The number of nitrogens with two attached hydrogens (primary N) is 1. The highest BCUT2D eigenvalue weighted by Crippen LogP contribution is 2.16. The SMILES string of the molecule is NCCCC1CN=C(Cc2cccc(Cl)c2)O1. The highest BCUT2D eigenvalue weighted by atomic mass is 35.5. The first-order valence-corrected chi connectivity index (χ1v) is 6.30. The van der Waals surface area contributed by atoms with Crippen molar-refractivity contribution >= 4 is 17.5 Å². The van der Waals surface area contributed by atoms with Crippen LogP contribution in [0, 0.1) is 0 Å². The topological polar surface area (TPSA) is 47.6 Å². The Morgan fingerprint density at radius 2 is 2.35 bits per heavy atom. The number of halogens is 1. The van der Waals surface area contributed by atoms with E-state index in [0.717, 1.165) is 42.3 Å². The minimum atomic E-state index is 0.215. The number of hydrogen-bond acceptors (Lipinski definition) is 3. The third kappa shape index (κ3) is 3.72. The van der Waals surface area contributed by atoms with Gasteiger partial charge in [0.2, 0.25) is 0 Å². The van der Waals surface area contributed by atoms with Crippen LogP contribution in [-0.2, 0) is 11.2 Å². The van der Waals surface area contributed by atoms with Crippen LogP contribution in [0.1, 0.15) is 18.4 Å². The van der Waals surface area contributed by atoms with Crippen molar-refractivity contribution in [1.82, 2.24) is 0 Å². The zero-order chi connectivity index (χ0) is 12.1. The van der Waals surface area contributed by atoms with Crippen LogP contribution in [-0.4, -0.2) is 25.1 Å². The molecule has 2 rings (SSSR count). The number of aliphatic imine (C=N–C) groups is 1. The third-order valence-electron chi connectivity index (χ3n) is 2.75. The Morgan fingerprint density at radius 1 is 1.47 bits per heavy atom. The molecule has 92 valence electrons. The second-order valence-electron chi connectivity index (χ2n) is 4.21. The molecule has 0 spiro atoms. The fourth-order valence-electron chi connectivity index (χ4n) is 1.89. The maximum atomic E-state index is 5.93. The van der Waals surface area contributed by atoms with Crippen molar-refractivity contribution in [3.63, 3.8) is 0 Å². The van der Waals surface area contributed by atoms with E-state index in [1.54, 1.807) is 0 Å². The van der Waals surface area contributed by atoms with Crippen molar-refractivity contribution in [2.75, 3.05) is 13.1 Å². The third-order valence-corrected chi connectivity index (χ3v) is 2.98. The minimum Gasteiger partial charge on any atom is -0.475 e. The Morgan fingerprint density at radius 3 is 3.12 bits per heavy atom. The number of ether oxygens (including phenoxy) is 1. The molecule has 0 amide bonds. The standard InChI is InChI=1S/C13H17ClN2O/c14-11-4-1-3-10(7-11)8-13-16-9-12(17-13)5-2-6-15/h1,3-4,7,12H,2,5-6,8-9,15H2. The molecular formula is C13H17ClN2O. The van der Waals surface area contributed by atoms with Gasteiger partial charge in [0.1, 0.15) is 6.10 Å². The van der Waals surface area contributed by atoms with Crippen molar-refractivity contribution in [3.8, 4) is 0 Å². The van der Waals surface area contributed by atoms with Gasteiger partial charge in [-0.15, -0.1) is 0 Å². The highest BCUT2D eigenvalue weighted by molar-refractivity contribution is 6.30. The summed E-state index contributed by atoms with van der Waals surface area (Å²) in [5.41, 5.74) is 6.61. The summed E-state index contributed by atoms with van der Waals surface area (Å²) in [6.45, 7) is 1.47. The van der Waals surface area contributed by atoms with Crippen LogP contribution in [0.3, 0.4) is 0 Å². The first kappa shape index (κ1) is 12.4. The monoisotopic (exact) mass is 252 g/mol. The summed E-state index contributed by atoms with van der Waals surface area (Å²) in [6.07, 6.45) is 2.91. The molecule has 2 N–H and O–H groups in total. The number of nitrogens with zero attached hydrogens (tertiary/aromatic N) is 1. The lowest BCUT2D eigenvalue weighted by Crippen LogP contribution is -2.15. The average molecular weight is 253 g/mol. The normalized spacial score (nSPS) is 18.9. The molecule has 1 atom stereocenters. The lowest BCUT2D eigenvalue weighted by molar-refractivity contribution is 0.207. The maximum Gasteiger partial charge on any atom is 0.188 e. The molecule has 17 heavy (non-hydrogen) atoms. The average Bonchev–Trinajstić information content (AvgIpc) is 2.74. The molecule has 0 saturated carbocycles. The summed E-state index contributed by atoms with van der Waals surface area (Å²) in [5.74, 6) is 0.814. The van der Waals surface area contributed by atoms with E-state index in [1.807, 2.05) is 24.3 Å². The fraction of sp³-hybridized carbons (Fsp3) is 0.462. The van der Waals surface area contributed by atoms with Gasteiger partial charge in [0.15, 0.2) is 5.90 Å². The smallest absolute Gasteiger partial charge is 0.188 e. The van der Waals surface area contributed by atoms with Crippen LogP contribution >= 0.6 is 11.6 Å². The molecule has 1 aliphatic heterocycles. The minimum absolute atomic E-state index is 0.215. The van der Waals surface area contributed by atoms with Gasteiger partial charge < -0.3 is 10.5 Å². The molecule has 4 heteroatoms. The Bertz CT molecular complexity index is 406. The summed E-state index contributed by atoms with van der Waals surface area (Å²) in [7, 11) is 0. The lowest BCUT2D eigenvalue weighted by atomic mass is 10.1. The van der Waals surface area contributed by atoms with Gasteiger partial charge >= 0.3 is 0 Å². The quantitative estimate of drug-likeness (QED) is 0.875. The molecule has 0 saturated heterocycles. The van der Waals surface area contributed by atoms with Gasteiger partial charge in [-0.05, 0) is 37.1 Å². The van der Waals surface area contributed by atoms with E-state index in [1.165, 1.54) is 0 Å². The van der Waals surface area contributed by atoms with Gasteiger partial charge in [0.25, 0.3) is 0 Å². The van der Waals surface area contributed by atoms with Crippen molar-refractivity contribution in [3.05, 3.63) is 34.9 Å². The molecule has 0 fully saturated rings. The van der Waals surface area contributed by atoms with E-state index in [9.17, 15) is 0 Å². The zero-order valence-corrected chi connectivity index (χ0v) is 10.5. The van der Waals surface area contributed by atoms with Crippen molar-refractivity contribution in [2.24, 2.45) is 10.7 Å². The molecule has 1 heterocycles.